The van der Waals surface area contributed by atoms with Gasteiger partial charge in [0, 0.05) is 19.6 Å². The van der Waals surface area contributed by atoms with Crippen molar-refractivity contribution in [3.8, 4) is 34.5 Å². The van der Waals surface area contributed by atoms with Gasteiger partial charge in [-0.15, -0.1) is 0 Å². The average Bonchev–Trinajstić information content (AvgIpc) is 3.32. The molecule has 0 spiro atoms. The van der Waals surface area contributed by atoms with Crippen molar-refractivity contribution in [1.29, 1.82) is 0 Å². The van der Waals surface area contributed by atoms with E-state index in [1.165, 1.54) is 47.7 Å². The van der Waals surface area contributed by atoms with Crippen molar-refractivity contribution in [2.24, 2.45) is 0 Å². The predicted octanol–water partition coefficient (Wildman–Crippen LogP) is 3.82. The molecule has 1 fully saturated rings. The number of nitrogens with zero attached hydrogens (tertiary/aromatic N) is 2. The van der Waals surface area contributed by atoms with Crippen LogP contribution < -0.4 is 33.7 Å². The van der Waals surface area contributed by atoms with E-state index in [1.54, 1.807) is 12.1 Å². The lowest BCUT2D eigenvalue weighted by molar-refractivity contribution is 0.0221. The van der Waals surface area contributed by atoms with Gasteiger partial charge >= 0.3 is 11.9 Å². The minimum atomic E-state index is -1.11. The van der Waals surface area contributed by atoms with Crippen LogP contribution in [0.15, 0.2) is 24.3 Å². The summed E-state index contributed by atoms with van der Waals surface area (Å²) in [4.78, 5) is 30.1. The van der Waals surface area contributed by atoms with E-state index in [0.717, 1.165) is 58.7 Å². The molecule has 2 aromatic rings. The van der Waals surface area contributed by atoms with Crippen LogP contribution in [0.2, 0.25) is 0 Å². The smallest absolute Gasteiger partial charge is 0.338 e. The number of carboxylic acids is 1. The first-order valence-corrected chi connectivity index (χ1v) is 16.0. The Morgan fingerprint density at radius 3 is 1.85 bits per heavy atom. The van der Waals surface area contributed by atoms with Crippen LogP contribution in [0.5, 0.6) is 34.5 Å². The molecule has 3 rings (SSSR count). The molecule has 1 aliphatic heterocycles. The van der Waals surface area contributed by atoms with Gasteiger partial charge in [-0.05, 0) is 89.6 Å². The topological polar surface area (TPSA) is 137 Å². The molecule has 262 valence electrons. The Hall–Kier alpha value is -3.94. The predicted molar refractivity (Wildman–Crippen MR) is 177 cm³/mol. The maximum Gasteiger partial charge on any atom is 0.338 e. The average molecular weight is 662 g/mol. The fraction of sp³-hybridized carbons (Fsp3) is 0.588. The zero-order valence-electron chi connectivity index (χ0n) is 28.6. The van der Waals surface area contributed by atoms with Gasteiger partial charge < -0.3 is 53.4 Å². The summed E-state index contributed by atoms with van der Waals surface area (Å²) in [5.74, 6) is 0.341. The van der Waals surface area contributed by atoms with E-state index in [9.17, 15) is 14.7 Å². The van der Waals surface area contributed by atoms with Gasteiger partial charge in [0.15, 0.2) is 23.0 Å². The summed E-state index contributed by atoms with van der Waals surface area (Å²) >= 11 is 0. The van der Waals surface area contributed by atoms with Gasteiger partial charge in [-0.2, -0.15) is 0 Å². The van der Waals surface area contributed by atoms with Crippen LogP contribution in [0.3, 0.4) is 0 Å². The minimum Gasteiger partial charge on any atom is -0.493 e. The lowest BCUT2D eigenvalue weighted by Crippen LogP contribution is -2.34. The SMILES string of the molecule is CNCCCN1CCCN(CCC(CCCOc2cc(C(=O)O)cc(OC)c2OC)OC(=O)c2cc(OC)c(OC)c(OC)c2)CC1. The molecule has 47 heavy (non-hydrogen) atoms. The number of hydrogen-bond donors (Lipinski definition) is 2. The number of esters is 1. The second-order valence-corrected chi connectivity index (χ2v) is 11.2. The number of aromatic carboxylic acids is 1. The molecule has 1 saturated heterocycles. The molecule has 0 saturated carbocycles. The van der Waals surface area contributed by atoms with Gasteiger partial charge in [0.1, 0.15) is 6.10 Å². The fourth-order valence-electron chi connectivity index (χ4n) is 5.61. The van der Waals surface area contributed by atoms with E-state index in [2.05, 4.69) is 15.1 Å². The first kappa shape index (κ1) is 37.5. The number of nitrogens with one attached hydrogen (secondary N) is 1. The Labute approximate surface area is 277 Å². The molecule has 0 aliphatic carbocycles. The largest absolute Gasteiger partial charge is 0.493 e. The summed E-state index contributed by atoms with van der Waals surface area (Å²) < 4.78 is 39.1. The minimum absolute atomic E-state index is 0.0212. The molecule has 0 bridgehead atoms. The summed E-state index contributed by atoms with van der Waals surface area (Å²) in [5.41, 5.74) is 0.308. The van der Waals surface area contributed by atoms with Gasteiger partial charge in [0.05, 0.1) is 53.3 Å². The quantitative estimate of drug-likeness (QED) is 0.157. The van der Waals surface area contributed by atoms with E-state index in [-0.39, 0.29) is 29.2 Å². The Bertz CT molecular complexity index is 1270. The molecule has 0 aromatic heterocycles. The van der Waals surface area contributed by atoms with E-state index < -0.39 is 18.0 Å². The summed E-state index contributed by atoms with van der Waals surface area (Å²) in [5, 5.41) is 12.7. The maximum atomic E-state index is 13.5. The van der Waals surface area contributed by atoms with Gasteiger partial charge in [-0.25, -0.2) is 9.59 Å². The molecular formula is C34H51N3O10. The third-order valence-corrected chi connectivity index (χ3v) is 8.14. The molecule has 0 radical (unpaired) electrons. The number of rotatable bonds is 20. The Morgan fingerprint density at radius 2 is 1.30 bits per heavy atom. The molecule has 1 unspecified atom stereocenters. The molecular weight excluding hydrogens is 610 g/mol. The van der Waals surface area contributed by atoms with Crippen LogP contribution in [-0.2, 0) is 4.74 Å². The van der Waals surface area contributed by atoms with E-state index in [1.807, 2.05) is 7.05 Å². The van der Waals surface area contributed by atoms with Gasteiger partial charge in [0.2, 0.25) is 11.5 Å². The summed E-state index contributed by atoms with van der Waals surface area (Å²) in [6.45, 7) is 7.14. The van der Waals surface area contributed by atoms with Crippen LogP contribution in [0, 0.1) is 0 Å². The summed E-state index contributed by atoms with van der Waals surface area (Å²) in [7, 11) is 9.38. The highest BCUT2D eigenvalue weighted by Gasteiger charge is 2.23. The molecule has 0 amide bonds. The second kappa shape index (κ2) is 19.7. The van der Waals surface area contributed by atoms with Crippen molar-refractivity contribution < 1.29 is 47.9 Å². The highest BCUT2D eigenvalue weighted by molar-refractivity contribution is 5.91. The zero-order chi connectivity index (χ0) is 34.2. The highest BCUT2D eigenvalue weighted by atomic mass is 16.6. The molecule has 2 N–H and O–H groups in total. The highest BCUT2D eigenvalue weighted by Crippen LogP contribution is 2.39. The van der Waals surface area contributed by atoms with Crippen LogP contribution in [0.25, 0.3) is 0 Å². The monoisotopic (exact) mass is 661 g/mol. The number of methoxy groups -OCH3 is 5. The third kappa shape index (κ3) is 11.1. The van der Waals surface area contributed by atoms with Crippen molar-refractivity contribution >= 4 is 11.9 Å². The standard InChI is InChI=1S/C34H51N3O10/c1-35-12-8-13-36-14-9-15-37(18-17-36)16-11-26(47-34(40)25-22-28(42-3)31(44-5)29(23-25)43-4)10-7-19-46-30-21-24(33(38)39)20-27(41-2)32(30)45-6/h20-23,26,35H,7-19H2,1-6H3,(H,38,39). The normalized spacial score (nSPS) is 14.5. The van der Waals surface area contributed by atoms with Crippen molar-refractivity contribution in [2.45, 2.75) is 38.2 Å². The van der Waals surface area contributed by atoms with Gasteiger partial charge in [-0.1, -0.05) is 0 Å². The van der Waals surface area contributed by atoms with E-state index >= 15 is 0 Å². The Morgan fingerprint density at radius 1 is 0.745 bits per heavy atom. The van der Waals surface area contributed by atoms with Crippen LogP contribution in [0.1, 0.15) is 52.8 Å². The molecule has 13 heteroatoms. The number of hydrogen-bond acceptors (Lipinski definition) is 12. The van der Waals surface area contributed by atoms with E-state index in [4.69, 9.17) is 33.2 Å². The molecule has 1 atom stereocenters. The first-order valence-electron chi connectivity index (χ1n) is 16.0. The Kier molecular flexibility index (Phi) is 15.7. The second-order valence-electron chi connectivity index (χ2n) is 11.2. The zero-order valence-corrected chi connectivity index (χ0v) is 28.6. The molecule has 1 aliphatic rings. The lowest BCUT2D eigenvalue weighted by atomic mass is 10.1. The first-order chi connectivity index (χ1) is 22.8. The summed E-state index contributed by atoms with van der Waals surface area (Å²) in [6.07, 6.45) is 3.51. The Balaban J connectivity index is 1.70. The molecule has 13 nitrogen and oxygen atoms in total. The number of benzene rings is 2. The summed E-state index contributed by atoms with van der Waals surface area (Å²) in [6, 6.07) is 5.96. The lowest BCUT2D eigenvalue weighted by Gasteiger charge is -2.25. The van der Waals surface area contributed by atoms with Gasteiger partial charge in [0.25, 0.3) is 0 Å². The number of carbonyl (C=O) groups excluding carboxylic acids is 1. The van der Waals surface area contributed by atoms with Crippen molar-refractivity contribution in [1.82, 2.24) is 15.1 Å². The maximum absolute atomic E-state index is 13.5. The van der Waals surface area contributed by atoms with Crippen LogP contribution >= 0.6 is 0 Å². The fourth-order valence-corrected chi connectivity index (χ4v) is 5.61. The molecule has 1 heterocycles. The van der Waals surface area contributed by atoms with Crippen molar-refractivity contribution in [3.63, 3.8) is 0 Å². The van der Waals surface area contributed by atoms with Crippen molar-refractivity contribution in [2.75, 3.05) is 95.0 Å². The number of carbonyl (C=O) groups is 2. The number of carboxylic acid groups (broad SMARTS) is 1. The van der Waals surface area contributed by atoms with Crippen molar-refractivity contribution in [3.05, 3.63) is 35.4 Å². The van der Waals surface area contributed by atoms with Gasteiger partial charge in [-0.3, -0.25) is 0 Å². The third-order valence-electron chi connectivity index (χ3n) is 8.14. The number of ether oxygens (including phenoxy) is 7. The van der Waals surface area contributed by atoms with Crippen LogP contribution in [-0.4, -0.2) is 128 Å². The van der Waals surface area contributed by atoms with E-state index in [0.29, 0.717) is 42.3 Å². The van der Waals surface area contributed by atoms with Crippen LogP contribution in [0.4, 0.5) is 0 Å². The molecule has 2 aromatic carbocycles.